The summed E-state index contributed by atoms with van der Waals surface area (Å²) in [6, 6.07) is 3.80. The summed E-state index contributed by atoms with van der Waals surface area (Å²) < 4.78 is 10.8. The van der Waals surface area contributed by atoms with Crippen LogP contribution in [0.3, 0.4) is 0 Å². The van der Waals surface area contributed by atoms with Crippen LogP contribution in [0.2, 0.25) is 0 Å². The van der Waals surface area contributed by atoms with Gasteiger partial charge in [-0.25, -0.2) is 9.59 Å². The molecule has 10 rings (SSSR count). The third kappa shape index (κ3) is 3.63. The molecule has 52 heavy (non-hydrogen) atoms. The maximum atomic E-state index is 13.5. The van der Waals surface area contributed by atoms with E-state index in [0.717, 1.165) is 73.5 Å². The highest BCUT2D eigenvalue weighted by atomic mass is 16.5. The summed E-state index contributed by atoms with van der Waals surface area (Å²) in [5.41, 5.74) is 4.67. The summed E-state index contributed by atoms with van der Waals surface area (Å²) in [4.78, 5) is 32.2. The number of esters is 2. The fraction of sp³-hybridized carbons (Fsp3) is 0.524. The van der Waals surface area contributed by atoms with Crippen LogP contribution in [0, 0.1) is 22.2 Å². The number of phenolic OH excluding ortho intramolecular Hbond substituents is 1. The molecule has 1 aromatic rings. The molecular formula is C42H48N4O6. The number of hydrogen-bond acceptors (Lipinski definition) is 10. The number of nitrogens with one attached hydrogen (secondary N) is 2. The van der Waals surface area contributed by atoms with Gasteiger partial charge in [-0.1, -0.05) is 50.3 Å². The molecule has 0 aromatic heterocycles. The van der Waals surface area contributed by atoms with E-state index < -0.39 is 10.8 Å². The Balaban J connectivity index is 1.14. The Kier molecular flexibility index (Phi) is 6.64. The molecule has 3 aliphatic carbocycles. The lowest BCUT2D eigenvalue weighted by molar-refractivity contribution is -0.138. The molecule has 10 heteroatoms. The van der Waals surface area contributed by atoms with Crippen LogP contribution in [0.1, 0.15) is 69.5 Å². The van der Waals surface area contributed by atoms with Gasteiger partial charge in [-0.2, -0.15) is 0 Å². The van der Waals surface area contributed by atoms with Crippen LogP contribution in [0.25, 0.3) is 0 Å². The van der Waals surface area contributed by atoms with E-state index in [1.54, 1.807) is 6.08 Å². The number of methoxy groups -OCH3 is 2. The normalized spacial score (nSPS) is 40.2. The SMILES string of the molecule is CC[C@]12C=CCN3CC[C@]4(C(=C(C(=O)OC)C1)Nc1cc(O)c([C@H]5C=C[C@@]6(CC)CC(C(=O)OC)=C7NC8C(O)=CC=CC8[C@@]78CCN5[C@@H]68)cc14)C32. The monoisotopic (exact) mass is 704 g/mol. The number of ether oxygens (including phenoxy) is 2. The number of aliphatic hydroxyl groups excluding tert-OH is 1. The molecule has 10 nitrogen and oxygen atoms in total. The average molecular weight is 705 g/mol. The van der Waals surface area contributed by atoms with Gasteiger partial charge in [-0.05, 0) is 56.2 Å². The van der Waals surface area contributed by atoms with E-state index in [9.17, 15) is 19.8 Å². The Bertz CT molecular complexity index is 2030. The zero-order valence-corrected chi connectivity index (χ0v) is 30.4. The summed E-state index contributed by atoms with van der Waals surface area (Å²) in [7, 11) is 2.92. The van der Waals surface area contributed by atoms with Crippen LogP contribution in [-0.2, 0) is 24.5 Å². The van der Waals surface area contributed by atoms with E-state index in [0.29, 0.717) is 24.0 Å². The van der Waals surface area contributed by atoms with Crippen molar-refractivity contribution >= 4 is 17.6 Å². The number of phenols is 1. The van der Waals surface area contributed by atoms with Gasteiger partial charge in [-0.15, -0.1) is 0 Å². The number of allylic oxidation sites excluding steroid dienone is 2. The fourth-order valence-electron chi connectivity index (χ4n) is 13.2. The summed E-state index contributed by atoms with van der Waals surface area (Å²) in [6.07, 6.45) is 19.7. The van der Waals surface area contributed by atoms with Gasteiger partial charge < -0.3 is 30.3 Å². The first kappa shape index (κ1) is 32.4. The van der Waals surface area contributed by atoms with Gasteiger partial charge in [0.15, 0.2) is 0 Å². The lowest BCUT2D eigenvalue weighted by Gasteiger charge is -2.56. The molecular weight excluding hydrogens is 656 g/mol. The Morgan fingerprint density at radius 2 is 1.65 bits per heavy atom. The minimum absolute atomic E-state index is 0.0136. The second kappa shape index (κ2) is 10.7. The second-order valence-corrected chi connectivity index (χ2v) is 16.7. The molecule has 3 unspecified atom stereocenters. The molecule has 0 amide bonds. The zero-order chi connectivity index (χ0) is 35.9. The van der Waals surface area contributed by atoms with Crippen LogP contribution in [0.15, 0.2) is 83.0 Å². The largest absolute Gasteiger partial charge is 0.510 e. The van der Waals surface area contributed by atoms with E-state index in [-0.39, 0.29) is 64.4 Å². The molecule has 4 N–H and O–H groups in total. The van der Waals surface area contributed by atoms with Crippen molar-refractivity contribution in [2.75, 3.05) is 39.2 Å². The molecule has 1 aromatic carbocycles. The number of hydrogen-bond donors (Lipinski definition) is 4. The van der Waals surface area contributed by atoms with Crippen molar-refractivity contribution < 1.29 is 29.3 Å². The minimum atomic E-state index is -0.452. The molecule has 272 valence electrons. The lowest BCUT2D eigenvalue weighted by atomic mass is 9.52. The smallest absolute Gasteiger partial charge is 0.335 e. The van der Waals surface area contributed by atoms with Crippen LogP contribution in [-0.4, -0.2) is 83.9 Å². The Hall–Kier alpha value is -4.28. The maximum absolute atomic E-state index is 13.5. The minimum Gasteiger partial charge on any atom is -0.510 e. The van der Waals surface area contributed by atoms with Crippen LogP contribution in [0.5, 0.6) is 5.75 Å². The first-order valence-electron chi connectivity index (χ1n) is 19.1. The van der Waals surface area contributed by atoms with Gasteiger partial charge in [0.05, 0.1) is 42.9 Å². The van der Waals surface area contributed by atoms with Crippen molar-refractivity contribution in [3.05, 3.63) is 94.1 Å². The summed E-state index contributed by atoms with van der Waals surface area (Å²) in [5, 5.41) is 30.5. The second-order valence-electron chi connectivity index (χ2n) is 16.7. The summed E-state index contributed by atoms with van der Waals surface area (Å²) in [6.45, 7) is 7.02. The number of aromatic hydroxyl groups is 1. The quantitative estimate of drug-likeness (QED) is 0.233. The average Bonchev–Trinajstić information content (AvgIpc) is 3.93. The standard InChI is InChI=1S/C42H48N4O6/c1-5-39-12-8-16-45-17-14-42(37(39)45)27-19-23(31(48)20-28(27)43-33(42)24(21-39)35(49)51-3)29-11-13-40(6-2)22-25(36(50)52-4)34-41(15-18-46(29)38(40)41)26-9-7-10-30(47)32(26)44-34/h7-13,19-20,26,29,32,37-38,43-44,47-48H,5-6,14-18,21-22H2,1-4H3/t26?,29-,32?,37?,38+,39+,40+,41+,42+/m1/s1. The lowest BCUT2D eigenvalue weighted by Crippen LogP contribution is -2.59. The van der Waals surface area contributed by atoms with Crippen molar-refractivity contribution in [2.45, 2.75) is 82.0 Å². The number of fused-ring (bicyclic) bond motifs is 2. The van der Waals surface area contributed by atoms with Gasteiger partial charge in [0.2, 0.25) is 0 Å². The molecule has 3 fully saturated rings. The molecule has 9 atom stereocenters. The summed E-state index contributed by atoms with van der Waals surface area (Å²) in [5.74, 6) is -0.137. The van der Waals surface area contributed by atoms with Crippen molar-refractivity contribution in [2.24, 2.45) is 22.2 Å². The number of benzene rings is 1. The highest BCUT2D eigenvalue weighted by molar-refractivity contribution is 5.93. The van der Waals surface area contributed by atoms with Crippen LogP contribution in [0.4, 0.5) is 5.69 Å². The first-order valence-corrected chi connectivity index (χ1v) is 19.1. The molecule has 6 heterocycles. The molecule has 9 aliphatic rings. The number of nitrogens with zero attached hydrogens (tertiary/aromatic N) is 2. The van der Waals surface area contributed by atoms with Gasteiger partial charge >= 0.3 is 11.9 Å². The van der Waals surface area contributed by atoms with Gasteiger partial charge in [0.1, 0.15) is 11.5 Å². The third-order valence-corrected chi connectivity index (χ3v) is 15.2. The molecule has 3 saturated heterocycles. The number of aliphatic hydroxyl groups is 1. The predicted octanol–water partition coefficient (Wildman–Crippen LogP) is 5.43. The van der Waals surface area contributed by atoms with E-state index in [2.05, 4.69) is 70.7 Å². The first-order chi connectivity index (χ1) is 25.1. The van der Waals surface area contributed by atoms with Gasteiger partial charge in [0, 0.05) is 82.6 Å². The highest BCUT2D eigenvalue weighted by Gasteiger charge is 2.70. The predicted molar refractivity (Wildman–Crippen MR) is 195 cm³/mol. The molecule has 0 radical (unpaired) electrons. The van der Waals surface area contributed by atoms with E-state index >= 15 is 0 Å². The number of carbonyl (C=O) groups is 2. The van der Waals surface area contributed by atoms with Gasteiger partial charge in [0.25, 0.3) is 0 Å². The molecule has 0 saturated carbocycles. The van der Waals surface area contributed by atoms with E-state index in [4.69, 9.17) is 9.47 Å². The van der Waals surface area contributed by atoms with Crippen molar-refractivity contribution in [1.29, 1.82) is 0 Å². The topological polar surface area (TPSA) is 124 Å². The molecule has 2 spiro atoms. The Morgan fingerprint density at radius 1 is 0.923 bits per heavy atom. The van der Waals surface area contributed by atoms with E-state index in [1.165, 1.54) is 14.2 Å². The zero-order valence-electron chi connectivity index (χ0n) is 30.4. The fourth-order valence-corrected chi connectivity index (χ4v) is 13.2. The Labute approximate surface area is 304 Å². The van der Waals surface area contributed by atoms with Gasteiger partial charge in [-0.3, -0.25) is 9.80 Å². The number of carbonyl (C=O) groups excluding carboxylic acids is 2. The number of anilines is 1. The highest BCUT2D eigenvalue weighted by Crippen LogP contribution is 2.69. The third-order valence-electron chi connectivity index (χ3n) is 15.2. The van der Waals surface area contributed by atoms with Crippen molar-refractivity contribution in [3.63, 3.8) is 0 Å². The van der Waals surface area contributed by atoms with Crippen LogP contribution < -0.4 is 10.6 Å². The van der Waals surface area contributed by atoms with Crippen LogP contribution >= 0.6 is 0 Å². The van der Waals surface area contributed by atoms with Crippen molar-refractivity contribution in [1.82, 2.24) is 15.1 Å². The number of rotatable bonds is 5. The maximum Gasteiger partial charge on any atom is 0.335 e. The summed E-state index contributed by atoms with van der Waals surface area (Å²) >= 11 is 0. The van der Waals surface area contributed by atoms with Crippen molar-refractivity contribution in [3.8, 4) is 5.75 Å². The van der Waals surface area contributed by atoms with E-state index in [1.807, 2.05) is 12.1 Å². The Morgan fingerprint density at radius 3 is 2.38 bits per heavy atom. The molecule has 6 aliphatic heterocycles. The molecule has 0 bridgehead atoms.